The van der Waals surface area contributed by atoms with Gasteiger partial charge in [0.15, 0.2) is 0 Å². The number of carbonyl (C=O) groups excluding carboxylic acids is 1. The van der Waals surface area contributed by atoms with Crippen molar-refractivity contribution in [1.29, 1.82) is 0 Å². The number of aldehydes is 1. The molecule has 0 spiro atoms. The maximum atomic E-state index is 10.5. The van der Waals surface area contributed by atoms with Crippen LogP contribution in [0.25, 0.3) is 0 Å². The Hall–Kier alpha value is -1.17. The maximum Gasteiger partial charge on any atom is 0.142 e. The van der Waals surface area contributed by atoms with Crippen molar-refractivity contribution in [1.82, 2.24) is 10.2 Å². The summed E-state index contributed by atoms with van der Waals surface area (Å²) < 4.78 is 0. The summed E-state index contributed by atoms with van der Waals surface area (Å²) in [5.41, 5.74) is 1.17. The van der Waals surface area contributed by atoms with Crippen LogP contribution in [0.4, 0.5) is 0 Å². The lowest BCUT2D eigenvalue weighted by molar-refractivity contribution is -0.104. The molecular weight excluding hydrogens is 342 g/mol. The number of nitrogens with zero attached hydrogens (tertiary/aromatic N) is 2. The first-order chi connectivity index (χ1) is 12.7. The van der Waals surface area contributed by atoms with Crippen LogP contribution in [0.5, 0.6) is 0 Å². The maximum absolute atomic E-state index is 10.5. The molecule has 1 unspecified atom stereocenters. The van der Waals surface area contributed by atoms with Gasteiger partial charge in [-0.15, -0.1) is 11.8 Å². The molecule has 146 valence electrons. The highest BCUT2D eigenvalue weighted by atomic mass is 32.2. The van der Waals surface area contributed by atoms with Crippen molar-refractivity contribution in [3.8, 4) is 0 Å². The molecule has 0 aromatic carbocycles. The molecule has 26 heavy (non-hydrogen) atoms. The highest BCUT2D eigenvalue weighted by Gasteiger charge is 2.10. The number of carbonyl (C=O) groups is 1. The van der Waals surface area contributed by atoms with Crippen molar-refractivity contribution >= 4 is 23.1 Å². The minimum Gasteiger partial charge on any atom is -0.309 e. The van der Waals surface area contributed by atoms with Gasteiger partial charge < -0.3 is 10.2 Å². The van der Waals surface area contributed by atoms with Crippen molar-refractivity contribution in [2.75, 3.05) is 45.5 Å². The smallest absolute Gasteiger partial charge is 0.142 e. The van der Waals surface area contributed by atoms with E-state index in [4.69, 9.17) is 0 Å². The molecule has 1 heterocycles. The average Bonchev–Trinajstić information content (AvgIpc) is 3.18. The van der Waals surface area contributed by atoms with Crippen molar-refractivity contribution in [3.05, 3.63) is 36.0 Å². The fourth-order valence-electron chi connectivity index (χ4n) is 2.80. The second-order valence-electron chi connectivity index (χ2n) is 6.56. The third-order valence-corrected chi connectivity index (χ3v) is 5.41. The summed E-state index contributed by atoms with van der Waals surface area (Å²) in [5, 5.41) is 4.64. The Morgan fingerprint density at radius 2 is 2.08 bits per heavy atom. The van der Waals surface area contributed by atoms with Gasteiger partial charge in [0, 0.05) is 19.6 Å². The summed E-state index contributed by atoms with van der Waals surface area (Å²) in [7, 11) is 0. The molecule has 4 nitrogen and oxygen atoms in total. The van der Waals surface area contributed by atoms with Crippen LogP contribution in [0.1, 0.15) is 33.1 Å². The van der Waals surface area contributed by atoms with E-state index in [9.17, 15) is 4.79 Å². The third kappa shape index (κ3) is 10.1. The highest BCUT2D eigenvalue weighted by Crippen LogP contribution is 2.15. The van der Waals surface area contributed by atoms with E-state index >= 15 is 0 Å². The molecule has 0 amide bonds. The molecule has 0 saturated carbocycles. The van der Waals surface area contributed by atoms with E-state index in [0.717, 1.165) is 37.4 Å². The van der Waals surface area contributed by atoms with E-state index in [-0.39, 0.29) is 0 Å². The fourth-order valence-corrected chi connectivity index (χ4v) is 3.25. The Balaban J connectivity index is 2.36. The molecule has 0 aromatic heterocycles. The van der Waals surface area contributed by atoms with E-state index in [0.29, 0.717) is 12.5 Å². The monoisotopic (exact) mass is 377 g/mol. The molecule has 0 bridgehead atoms. The number of nitrogens with one attached hydrogen (secondary N) is 1. The zero-order valence-electron chi connectivity index (χ0n) is 16.6. The van der Waals surface area contributed by atoms with Gasteiger partial charge in [-0.05, 0) is 56.2 Å². The van der Waals surface area contributed by atoms with Crippen LogP contribution in [0.15, 0.2) is 40.9 Å². The molecule has 1 N–H and O–H groups in total. The van der Waals surface area contributed by atoms with Gasteiger partial charge in [-0.25, -0.2) is 0 Å². The Bertz CT molecular complexity index is 505. The van der Waals surface area contributed by atoms with Crippen LogP contribution in [0, 0.1) is 5.92 Å². The van der Waals surface area contributed by atoms with E-state index in [1.165, 1.54) is 31.5 Å². The first kappa shape index (κ1) is 22.9. The molecule has 1 aliphatic heterocycles. The molecule has 1 rings (SSSR count). The lowest BCUT2D eigenvalue weighted by atomic mass is 9.97. The van der Waals surface area contributed by atoms with Crippen molar-refractivity contribution in [2.45, 2.75) is 33.1 Å². The number of allylic oxidation sites excluding steroid dienone is 5. The molecule has 0 radical (unpaired) electrons. The predicted octanol–water partition coefficient (Wildman–Crippen LogP) is 3.72. The minimum atomic E-state index is 0.445. The zero-order chi connectivity index (χ0) is 19.0. The standard InChI is InChI=1S/C21H35N3OS/c1-4-19(2)20(11-9-17-25)10-5-6-12-23-21(26-3)18-22-13-16-24-14-7-8-15-24/h5-6,9-11,17,19,22H,4,7-8,12-16,18H2,1-3H3/b6-5+,11-9+,20-10-,23-21?. The van der Waals surface area contributed by atoms with Gasteiger partial charge in [0.25, 0.3) is 0 Å². The van der Waals surface area contributed by atoms with Gasteiger partial charge in [0.1, 0.15) is 6.29 Å². The van der Waals surface area contributed by atoms with Crippen LogP contribution in [0.3, 0.4) is 0 Å². The van der Waals surface area contributed by atoms with Gasteiger partial charge in [0.05, 0.1) is 11.6 Å². The normalized spacial score (nSPS) is 18.3. The van der Waals surface area contributed by atoms with E-state index in [1.807, 2.05) is 12.2 Å². The summed E-state index contributed by atoms with van der Waals surface area (Å²) in [5.74, 6) is 0.445. The number of rotatable bonds is 12. The van der Waals surface area contributed by atoms with Gasteiger partial charge >= 0.3 is 0 Å². The van der Waals surface area contributed by atoms with Crippen molar-refractivity contribution < 1.29 is 4.79 Å². The summed E-state index contributed by atoms with van der Waals surface area (Å²) in [6.07, 6.45) is 16.3. The topological polar surface area (TPSA) is 44.7 Å². The summed E-state index contributed by atoms with van der Waals surface area (Å²) in [6.45, 7) is 10.5. The number of likely N-dealkylation sites (tertiary alicyclic amines) is 1. The molecule has 1 fully saturated rings. The number of hydrogen-bond donors (Lipinski definition) is 1. The molecule has 1 saturated heterocycles. The van der Waals surface area contributed by atoms with Crippen molar-refractivity contribution in [2.24, 2.45) is 10.9 Å². The number of hydrogen-bond acceptors (Lipinski definition) is 5. The Kier molecular flexibility index (Phi) is 13.1. The first-order valence-electron chi connectivity index (χ1n) is 9.70. The van der Waals surface area contributed by atoms with Crippen LogP contribution in [-0.4, -0.2) is 61.8 Å². The second kappa shape index (κ2) is 14.9. The zero-order valence-corrected chi connectivity index (χ0v) is 17.4. The molecule has 1 atom stereocenters. The average molecular weight is 378 g/mol. The molecule has 5 heteroatoms. The Morgan fingerprint density at radius 1 is 1.31 bits per heavy atom. The van der Waals surface area contributed by atoms with E-state index < -0.39 is 0 Å². The molecule has 0 aromatic rings. The number of aliphatic imine (C=N–C) groups is 1. The molecule has 1 aliphatic rings. The summed E-state index contributed by atoms with van der Waals surface area (Å²) in [4.78, 5) is 17.7. The minimum absolute atomic E-state index is 0.445. The summed E-state index contributed by atoms with van der Waals surface area (Å²) in [6, 6.07) is 0. The molecular formula is C21H35N3OS. The van der Waals surface area contributed by atoms with Gasteiger partial charge in [0.2, 0.25) is 0 Å². The van der Waals surface area contributed by atoms with E-state index in [1.54, 1.807) is 17.8 Å². The van der Waals surface area contributed by atoms with Gasteiger partial charge in [-0.1, -0.05) is 38.2 Å². The van der Waals surface area contributed by atoms with Gasteiger partial charge in [-0.3, -0.25) is 9.79 Å². The van der Waals surface area contributed by atoms with Crippen LogP contribution in [-0.2, 0) is 4.79 Å². The third-order valence-electron chi connectivity index (χ3n) is 4.66. The van der Waals surface area contributed by atoms with Crippen LogP contribution < -0.4 is 5.32 Å². The lowest BCUT2D eigenvalue weighted by Gasteiger charge is -2.14. The van der Waals surface area contributed by atoms with Crippen LogP contribution in [0.2, 0.25) is 0 Å². The fraction of sp³-hybridized carbons (Fsp3) is 0.619. The molecule has 0 aliphatic carbocycles. The van der Waals surface area contributed by atoms with E-state index in [2.05, 4.69) is 47.5 Å². The quantitative estimate of drug-likeness (QED) is 0.141. The lowest BCUT2D eigenvalue weighted by Crippen LogP contribution is -2.32. The Morgan fingerprint density at radius 3 is 2.73 bits per heavy atom. The van der Waals surface area contributed by atoms with Crippen molar-refractivity contribution in [3.63, 3.8) is 0 Å². The SMILES string of the molecule is CCC(C)C(/C=C/C=O)=C\C=C\CN=C(CNCCN1CCCC1)SC. The van der Waals surface area contributed by atoms with Gasteiger partial charge in [-0.2, -0.15) is 0 Å². The highest BCUT2D eigenvalue weighted by molar-refractivity contribution is 8.13. The Labute approximate surface area is 163 Å². The number of thioether (sulfide) groups is 1. The first-order valence-corrected chi connectivity index (χ1v) is 10.9. The summed E-state index contributed by atoms with van der Waals surface area (Å²) >= 11 is 1.71. The predicted molar refractivity (Wildman–Crippen MR) is 116 cm³/mol. The largest absolute Gasteiger partial charge is 0.309 e. The second-order valence-corrected chi connectivity index (χ2v) is 7.44. The van der Waals surface area contributed by atoms with Crippen LogP contribution >= 0.6 is 11.8 Å².